The number of hydrogen-bond donors (Lipinski definition) is 1. The van der Waals surface area contributed by atoms with Gasteiger partial charge in [-0.15, -0.1) is 0 Å². The highest BCUT2D eigenvalue weighted by Gasteiger charge is 2.49. The standard InChI is InChI=1S/C19H28N2O4S/c1-11-16(12(2)22)25-18-15(20-19(26-18)21(3)4)17(11)24-10-13-6-8-14(23-5)9-7-13/h6-9,11-12,15-18,22H,10H2,1-5H3/t11-,12+,15-,16+,17+,18-/m1/s1. The van der Waals surface area contributed by atoms with E-state index in [0.717, 1.165) is 16.5 Å². The van der Waals surface area contributed by atoms with E-state index in [4.69, 9.17) is 19.2 Å². The Morgan fingerprint density at radius 1 is 1.31 bits per heavy atom. The summed E-state index contributed by atoms with van der Waals surface area (Å²) in [7, 11) is 5.61. The number of thioether (sulfide) groups is 1. The van der Waals surface area contributed by atoms with Gasteiger partial charge in [-0.2, -0.15) is 0 Å². The van der Waals surface area contributed by atoms with E-state index in [1.807, 2.05) is 43.3 Å². The molecule has 1 N–H and O–H groups in total. The summed E-state index contributed by atoms with van der Waals surface area (Å²) < 4.78 is 17.7. The number of amidine groups is 1. The van der Waals surface area contributed by atoms with Gasteiger partial charge in [0.1, 0.15) is 17.2 Å². The third-order valence-electron chi connectivity index (χ3n) is 4.88. The average molecular weight is 381 g/mol. The summed E-state index contributed by atoms with van der Waals surface area (Å²) >= 11 is 1.60. The van der Waals surface area contributed by atoms with Crippen LogP contribution in [0.3, 0.4) is 0 Å². The fourth-order valence-corrected chi connectivity index (χ4v) is 4.58. The molecule has 1 aromatic carbocycles. The van der Waals surface area contributed by atoms with Crippen LogP contribution >= 0.6 is 11.8 Å². The fraction of sp³-hybridized carbons (Fsp3) is 0.632. The molecule has 0 aromatic heterocycles. The number of nitrogens with zero attached hydrogens (tertiary/aromatic N) is 2. The van der Waals surface area contributed by atoms with Crippen LogP contribution in [-0.4, -0.2) is 66.2 Å². The van der Waals surface area contributed by atoms with Crippen LogP contribution in [-0.2, 0) is 16.1 Å². The van der Waals surface area contributed by atoms with Crippen molar-refractivity contribution in [3.63, 3.8) is 0 Å². The molecule has 0 bridgehead atoms. The van der Waals surface area contributed by atoms with Crippen LogP contribution in [0.1, 0.15) is 19.4 Å². The molecule has 0 saturated carbocycles. The lowest BCUT2D eigenvalue weighted by molar-refractivity contribution is -0.165. The first kappa shape index (κ1) is 19.5. The normalized spacial score (nSPS) is 31.9. The monoisotopic (exact) mass is 380 g/mol. The van der Waals surface area contributed by atoms with Gasteiger partial charge in [0.15, 0.2) is 5.17 Å². The molecule has 3 rings (SSSR count). The van der Waals surface area contributed by atoms with Crippen molar-refractivity contribution in [2.45, 2.75) is 50.2 Å². The largest absolute Gasteiger partial charge is 0.497 e. The zero-order chi connectivity index (χ0) is 18.8. The predicted octanol–water partition coefficient (Wildman–Crippen LogP) is 2.36. The molecule has 6 atom stereocenters. The van der Waals surface area contributed by atoms with E-state index in [9.17, 15) is 5.11 Å². The van der Waals surface area contributed by atoms with E-state index in [1.54, 1.807) is 25.8 Å². The van der Waals surface area contributed by atoms with E-state index < -0.39 is 6.10 Å². The summed E-state index contributed by atoms with van der Waals surface area (Å²) in [4.78, 5) is 6.82. The summed E-state index contributed by atoms with van der Waals surface area (Å²) in [5, 5.41) is 11.1. The number of hydrogen-bond acceptors (Lipinski definition) is 7. The molecule has 7 heteroatoms. The molecular weight excluding hydrogens is 352 g/mol. The maximum absolute atomic E-state index is 10.2. The minimum Gasteiger partial charge on any atom is -0.497 e. The number of benzene rings is 1. The van der Waals surface area contributed by atoms with E-state index in [2.05, 4.69) is 6.92 Å². The van der Waals surface area contributed by atoms with Crippen molar-refractivity contribution < 1.29 is 19.3 Å². The number of ether oxygens (including phenoxy) is 3. The zero-order valence-electron chi connectivity index (χ0n) is 16.0. The SMILES string of the molecule is COc1ccc(CO[C@H]2[C@H](C)[C@@H]([C@H](C)O)O[C@@H]3SC(N(C)C)=N[C@H]23)cc1. The molecular formula is C19H28N2O4S. The van der Waals surface area contributed by atoms with Gasteiger partial charge in [0.05, 0.1) is 32.0 Å². The molecule has 144 valence electrons. The van der Waals surface area contributed by atoms with Crippen molar-refractivity contribution in [2.24, 2.45) is 10.9 Å². The van der Waals surface area contributed by atoms with Gasteiger partial charge in [-0.1, -0.05) is 30.8 Å². The van der Waals surface area contributed by atoms with Crippen molar-refractivity contribution >= 4 is 16.9 Å². The van der Waals surface area contributed by atoms with Crippen LogP contribution in [0.2, 0.25) is 0 Å². The zero-order valence-corrected chi connectivity index (χ0v) is 16.8. The Kier molecular flexibility index (Phi) is 6.12. The molecule has 1 saturated heterocycles. The van der Waals surface area contributed by atoms with Gasteiger partial charge in [-0.05, 0) is 24.6 Å². The topological polar surface area (TPSA) is 63.5 Å². The lowest BCUT2D eigenvalue weighted by atomic mass is 9.87. The number of aliphatic imine (C=N–C) groups is 1. The third kappa shape index (κ3) is 4.01. The molecule has 26 heavy (non-hydrogen) atoms. The fourth-order valence-electron chi connectivity index (χ4n) is 3.44. The highest BCUT2D eigenvalue weighted by atomic mass is 32.2. The summed E-state index contributed by atoms with van der Waals surface area (Å²) in [5.41, 5.74) is 0.959. The second-order valence-corrected chi connectivity index (χ2v) is 8.17. The second-order valence-electron chi connectivity index (χ2n) is 7.11. The van der Waals surface area contributed by atoms with Crippen molar-refractivity contribution in [1.82, 2.24) is 4.90 Å². The van der Waals surface area contributed by atoms with Gasteiger partial charge in [-0.3, -0.25) is 4.99 Å². The highest BCUT2D eigenvalue weighted by Crippen LogP contribution is 2.41. The summed E-state index contributed by atoms with van der Waals surface area (Å²) in [6.07, 6.45) is -0.927. The Morgan fingerprint density at radius 2 is 2.00 bits per heavy atom. The quantitative estimate of drug-likeness (QED) is 0.846. The molecule has 0 radical (unpaired) electrons. The highest BCUT2D eigenvalue weighted by molar-refractivity contribution is 8.14. The van der Waals surface area contributed by atoms with E-state index >= 15 is 0 Å². The van der Waals surface area contributed by atoms with Crippen molar-refractivity contribution in [2.75, 3.05) is 21.2 Å². The molecule has 1 fully saturated rings. The first-order valence-corrected chi connectivity index (χ1v) is 9.78. The number of fused-ring (bicyclic) bond motifs is 1. The Morgan fingerprint density at radius 3 is 2.58 bits per heavy atom. The molecule has 1 aromatic rings. The number of rotatable bonds is 5. The summed E-state index contributed by atoms with van der Waals surface area (Å²) in [6, 6.07) is 7.80. The number of aliphatic hydroxyl groups is 1. The minimum atomic E-state index is -0.554. The molecule has 6 nitrogen and oxygen atoms in total. The predicted molar refractivity (Wildman–Crippen MR) is 104 cm³/mol. The smallest absolute Gasteiger partial charge is 0.161 e. The van der Waals surface area contributed by atoms with Crippen LogP contribution < -0.4 is 4.74 Å². The molecule has 0 aliphatic carbocycles. The van der Waals surface area contributed by atoms with Crippen molar-refractivity contribution in [3.8, 4) is 5.75 Å². The van der Waals surface area contributed by atoms with Gasteiger partial charge in [-0.25, -0.2) is 0 Å². The number of aliphatic hydroxyl groups excluding tert-OH is 1. The summed E-state index contributed by atoms with van der Waals surface area (Å²) in [5.74, 6) is 0.871. The van der Waals surface area contributed by atoms with E-state index in [1.165, 1.54) is 0 Å². The Labute approximate surface area is 159 Å². The molecule has 2 aliphatic rings. The Balaban J connectivity index is 1.75. The molecule has 0 spiro atoms. The third-order valence-corrected chi connectivity index (χ3v) is 6.19. The maximum atomic E-state index is 10.2. The molecule has 2 aliphatic heterocycles. The van der Waals surface area contributed by atoms with Gasteiger partial charge in [0.2, 0.25) is 0 Å². The lowest BCUT2D eigenvalue weighted by Crippen LogP contribution is -2.54. The molecule has 0 unspecified atom stereocenters. The second kappa shape index (κ2) is 8.17. The van der Waals surface area contributed by atoms with Gasteiger partial charge in [0, 0.05) is 20.0 Å². The Hall–Kier alpha value is -1.28. The van der Waals surface area contributed by atoms with Crippen LogP contribution in [0.25, 0.3) is 0 Å². The lowest BCUT2D eigenvalue weighted by Gasteiger charge is -2.42. The first-order valence-electron chi connectivity index (χ1n) is 8.90. The van der Waals surface area contributed by atoms with Gasteiger partial charge < -0.3 is 24.2 Å². The van der Waals surface area contributed by atoms with Crippen LogP contribution in [0.5, 0.6) is 5.75 Å². The van der Waals surface area contributed by atoms with Crippen molar-refractivity contribution in [1.29, 1.82) is 0 Å². The van der Waals surface area contributed by atoms with E-state index in [-0.39, 0.29) is 29.6 Å². The molecule has 2 heterocycles. The average Bonchev–Trinajstić information content (AvgIpc) is 3.05. The summed E-state index contributed by atoms with van der Waals surface area (Å²) in [6.45, 7) is 4.34. The Bertz CT molecular complexity index is 635. The van der Waals surface area contributed by atoms with E-state index in [0.29, 0.717) is 6.61 Å². The minimum absolute atomic E-state index is 0.0420. The molecule has 0 amide bonds. The maximum Gasteiger partial charge on any atom is 0.161 e. The van der Waals surface area contributed by atoms with Crippen LogP contribution in [0, 0.1) is 5.92 Å². The number of methoxy groups -OCH3 is 1. The van der Waals surface area contributed by atoms with Gasteiger partial charge in [0.25, 0.3) is 0 Å². The van der Waals surface area contributed by atoms with Gasteiger partial charge >= 0.3 is 0 Å². The van der Waals surface area contributed by atoms with Crippen LogP contribution in [0.4, 0.5) is 0 Å². The first-order chi connectivity index (χ1) is 12.4. The van der Waals surface area contributed by atoms with Crippen molar-refractivity contribution in [3.05, 3.63) is 29.8 Å². The van der Waals surface area contributed by atoms with Crippen LogP contribution in [0.15, 0.2) is 29.3 Å².